The number of sulfonamides is 1. The van der Waals surface area contributed by atoms with Crippen LogP contribution < -0.4 is 42.8 Å². The molecule has 1 saturated heterocycles. The molecule has 27 nitrogen and oxygen atoms in total. The number of aliphatic imine (C=N–C) groups is 1. The van der Waals surface area contributed by atoms with Crippen molar-refractivity contribution >= 4 is 80.5 Å². The number of benzene rings is 5. The van der Waals surface area contributed by atoms with Crippen LogP contribution in [0.25, 0.3) is 10.9 Å². The molecule has 2 aliphatic heterocycles. The van der Waals surface area contributed by atoms with E-state index < -0.39 is 130 Å². The number of aromatic amines is 1. The minimum atomic E-state index is -4.17. The number of guanidine groups is 1. The molecule has 0 radical (unpaired) electrons. The highest BCUT2D eigenvalue weighted by Crippen LogP contribution is 2.44. The summed E-state index contributed by atoms with van der Waals surface area (Å²) in [5.41, 5.74) is 15.0. The number of phenols is 1. The number of primary amides is 1. The fourth-order valence-corrected chi connectivity index (χ4v) is 12.5. The van der Waals surface area contributed by atoms with E-state index in [2.05, 4.69) is 41.3 Å². The average molecular weight is 1370 g/mol. The number of ether oxygens (including phenoxy) is 3. The summed E-state index contributed by atoms with van der Waals surface area (Å²) >= 11 is 0. The van der Waals surface area contributed by atoms with Gasteiger partial charge in [-0.2, -0.15) is 0 Å². The number of para-hydroxylation sites is 2. The van der Waals surface area contributed by atoms with E-state index in [-0.39, 0.29) is 81.2 Å². The van der Waals surface area contributed by atoms with E-state index in [9.17, 15) is 42.3 Å². The summed E-state index contributed by atoms with van der Waals surface area (Å²) in [6, 6.07) is 28.2. The number of likely N-dealkylation sites (tertiary alicyclic amines) is 1. The number of nitrogens with zero attached hydrogens (tertiary/aromatic N) is 3. The number of unbranched alkanes of at least 4 members (excludes halogenated alkanes) is 1. The Morgan fingerprint density at radius 3 is 2.00 bits per heavy atom. The van der Waals surface area contributed by atoms with Crippen molar-refractivity contribution < 1.29 is 70.9 Å². The van der Waals surface area contributed by atoms with Crippen molar-refractivity contribution in [3.8, 4) is 5.75 Å². The van der Waals surface area contributed by atoms with Gasteiger partial charge in [-0.1, -0.05) is 115 Å². The number of alkyl carbamates (subject to hydrolysis) is 1. The zero-order valence-electron chi connectivity index (χ0n) is 55.4. The number of amides is 8. The van der Waals surface area contributed by atoms with Crippen LogP contribution in [0.4, 0.5) is 9.59 Å². The third kappa shape index (κ3) is 20.3. The average Bonchev–Trinajstić information content (AvgIpc) is 1.51. The number of nitrogens with one attached hydrogen (secondary N) is 7. The zero-order valence-corrected chi connectivity index (χ0v) is 56.2. The highest BCUT2D eigenvalue weighted by molar-refractivity contribution is 7.90. The number of phenolic OH excluding ortho intramolecular Hbond substituents is 1. The molecule has 0 bridgehead atoms. The van der Waals surface area contributed by atoms with Crippen LogP contribution in [-0.2, 0) is 77.4 Å². The summed E-state index contributed by atoms with van der Waals surface area (Å²) in [5, 5.41) is 25.7. The van der Waals surface area contributed by atoms with Gasteiger partial charge < -0.3 is 67.3 Å². The van der Waals surface area contributed by atoms with E-state index in [4.69, 9.17) is 25.7 Å². The number of hydrogen-bond acceptors (Lipinski definition) is 16. The minimum Gasteiger partial charge on any atom is -0.508 e. The first kappa shape index (κ1) is 73.3. The van der Waals surface area contributed by atoms with Gasteiger partial charge in [-0.05, 0) is 127 Å². The molecule has 8 amide bonds. The second-order valence-electron chi connectivity index (χ2n) is 25.1. The number of carbonyl (C=O) groups excluding carboxylic acids is 9. The molecule has 1 fully saturated rings. The molecule has 0 spiro atoms. The second-order valence-corrected chi connectivity index (χ2v) is 26.8. The Morgan fingerprint density at radius 2 is 1.33 bits per heavy atom. The molecule has 28 heteroatoms. The first-order valence-corrected chi connectivity index (χ1v) is 34.0. The van der Waals surface area contributed by atoms with Crippen LogP contribution in [0.2, 0.25) is 0 Å². The molecule has 0 saturated carbocycles. The minimum absolute atomic E-state index is 0.00265. The molecule has 98 heavy (non-hydrogen) atoms. The van der Waals surface area contributed by atoms with E-state index in [1.807, 2.05) is 48.5 Å². The first-order chi connectivity index (χ1) is 46.8. The van der Waals surface area contributed by atoms with Crippen molar-refractivity contribution in [2.75, 3.05) is 19.6 Å². The summed E-state index contributed by atoms with van der Waals surface area (Å²) < 4.78 is 45.5. The predicted octanol–water partition coefficient (Wildman–Crippen LogP) is 5.56. The fourth-order valence-electron chi connectivity index (χ4n) is 11.6. The first-order valence-electron chi connectivity index (χ1n) is 32.5. The van der Waals surface area contributed by atoms with Crippen molar-refractivity contribution in [1.29, 1.82) is 0 Å². The Balaban J connectivity index is 1.01. The zero-order chi connectivity index (χ0) is 70.7. The Bertz CT molecular complexity index is 3960. The number of nitrogens with two attached hydrogens (primary N) is 2. The third-order valence-corrected chi connectivity index (χ3v) is 17.9. The number of carbonyl (C=O) groups is 9. The smallest absolute Gasteiger partial charge is 0.411 e. The lowest BCUT2D eigenvalue weighted by Gasteiger charge is -2.42. The molecule has 7 atom stereocenters. The SMILES string of the molecule is Cc1ccc(S(=O)(=O)NC(N)=NCCC[C@H](NC(=O)[C@H](CCC(N)=O)NC(=O)[C@@H]2Cc3c([nH]c4ccccc34)[C@@H](c3ccccc3O)N2C(=O)OC(C)(C)C)C(=O)N2CCC[C@H]2C(=O)N[C@@H](C)C(=O)N[C@@H](CCCCNC(=O)OCc2ccccc2)C(=O)OCc2ccccc2)cc1. The largest absolute Gasteiger partial charge is 0.508 e. The lowest BCUT2D eigenvalue weighted by molar-refractivity contribution is -0.149. The highest BCUT2D eigenvalue weighted by atomic mass is 32.2. The van der Waals surface area contributed by atoms with Gasteiger partial charge >= 0.3 is 18.2 Å². The van der Waals surface area contributed by atoms with Crippen LogP contribution in [0.5, 0.6) is 5.75 Å². The van der Waals surface area contributed by atoms with Crippen molar-refractivity contribution in [2.45, 2.75) is 165 Å². The van der Waals surface area contributed by atoms with Gasteiger partial charge in [0.25, 0.3) is 10.0 Å². The molecule has 3 heterocycles. The summed E-state index contributed by atoms with van der Waals surface area (Å²) in [6.07, 6.45) is -1.57. The van der Waals surface area contributed by atoms with E-state index in [0.717, 1.165) is 11.1 Å². The van der Waals surface area contributed by atoms with Crippen LogP contribution in [0.3, 0.4) is 0 Å². The number of aromatic nitrogens is 1. The van der Waals surface area contributed by atoms with Crippen LogP contribution in [0.1, 0.15) is 125 Å². The van der Waals surface area contributed by atoms with E-state index in [1.165, 1.54) is 34.9 Å². The van der Waals surface area contributed by atoms with Gasteiger partial charge in [-0.3, -0.25) is 38.7 Å². The molecule has 1 aromatic heterocycles. The van der Waals surface area contributed by atoms with Gasteiger partial charge in [0.05, 0.1) is 4.90 Å². The lowest BCUT2D eigenvalue weighted by Crippen LogP contribution is -2.60. The molecule has 2 aliphatic rings. The normalized spacial score (nSPS) is 16.6. The van der Waals surface area contributed by atoms with Gasteiger partial charge in [0.2, 0.25) is 41.4 Å². The van der Waals surface area contributed by atoms with Gasteiger partial charge in [0.15, 0.2) is 0 Å². The molecule has 522 valence electrons. The van der Waals surface area contributed by atoms with E-state index >= 15 is 14.4 Å². The number of fused-ring (bicyclic) bond motifs is 3. The van der Waals surface area contributed by atoms with E-state index in [1.54, 1.807) is 94.4 Å². The lowest BCUT2D eigenvalue weighted by atomic mass is 9.87. The van der Waals surface area contributed by atoms with Crippen LogP contribution in [0, 0.1) is 6.92 Å². The van der Waals surface area contributed by atoms with Gasteiger partial charge in [-0.15, -0.1) is 0 Å². The molecule has 8 rings (SSSR count). The Morgan fingerprint density at radius 1 is 0.704 bits per heavy atom. The summed E-state index contributed by atoms with van der Waals surface area (Å²) in [6.45, 7) is 8.11. The van der Waals surface area contributed by atoms with Gasteiger partial charge in [0, 0.05) is 54.6 Å². The Kier molecular flexibility index (Phi) is 25.4. The molecular weight excluding hydrogens is 1280 g/mol. The molecule has 5 aromatic carbocycles. The standard InChI is InChI=1S/C70H86N12O15S/c1-43-31-33-47(34-32-43)98(93,94)80-67(72)73-38-18-28-53(78-62(86)52(35-36-58(71)84)77-64(88)56-40-50-48-24-12-14-26-51(48)76-59(50)60(49-25-13-15-30-57(49)83)82(56)69(92)97-70(3,4)5)65(89)81-39-19-29-55(81)63(87)75-44(2)61(85)79-54(66(90)95-41-45-20-8-6-9-21-45)27-16-17-37-74-68(91)96-42-46-22-10-7-11-23-46/h6-15,20-26,30-34,44,52-56,60,76,83H,16-19,27-29,35-42H2,1-5H3,(H2,71,84)(H,74,91)(H,75,87)(H,77,88)(H,78,86)(H,79,85)(H3,72,73,80)/t44-,52-,53-,54-,55-,56-,60+/m0/s1. The van der Waals surface area contributed by atoms with E-state index in [0.29, 0.717) is 47.0 Å². The van der Waals surface area contributed by atoms with Crippen LogP contribution in [-0.4, -0.2) is 149 Å². The molecule has 0 unspecified atom stereocenters. The summed E-state index contributed by atoms with van der Waals surface area (Å²) in [5.74, 6) is -6.39. The summed E-state index contributed by atoms with van der Waals surface area (Å²) in [4.78, 5) is 137. The number of aromatic hydroxyl groups is 1. The summed E-state index contributed by atoms with van der Waals surface area (Å²) in [7, 11) is -4.17. The topological polar surface area (TPSA) is 395 Å². The predicted molar refractivity (Wildman–Crippen MR) is 362 cm³/mol. The number of aryl methyl sites for hydroxylation is 1. The van der Waals surface area contributed by atoms with Crippen molar-refractivity contribution in [1.82, 2.24) is 46.1 Å². The highest BCUT2D eigenvalue weighted by Gasteiger charge is 2.47. The number of esters is 1. The Hall–Kier alpha value is -10.5. The molecule has 0 aliphatic carbocycles. The molecule has 6 aromatic rings. The fraction of sp³-hybridized carbons (Fsp3) is 0.400. The molecular formula is C70H86N12O15S. The second kappa shape index (κ2) is 33.9. The Labute approximate surface area is 568 Å². The van der Waals surface area contributed by atoms with Gasteiger partial charge in [0.1, 0.15) is 66.9 Å². The number of hydrogen-bond donors (Lipinski definition) is 10. The third-order valence-electron chi connectivity index (χ3n) is 16.5. The van der Waals surface area contributed by atoms with Crippen molar-refractivity contribution in [3.63, 3.8) is 0 Å². The quantitative estimate of drug-likeness (QED) is 0.00903. The van der Waals surface area contributed by atoms with Crippen molar-refractivity contribution in [3.05, 3.63) is 167 Å². The maximum Gasteiger partial charge on any atom is 0.411 e. The molecule has 12 N–H and O–H groups in total. The van der Waals surface area contributed by atoms with Crippen LogP contribution in [0.15, 0.2) is 143 Å². The monoisotopic (exact) mass is 1370 g/mol. The van der Waals surface area contributed by atoms with Crippen LogP contribution >= 0.6 is 0 Å². The maximum absolute atomic E-state index is 15.3. The number of H-pyrrole nitrogens is 1. The number of rotatable bonds is 29. The van der Waals surface area contributed by atoms with Crippen molar-refractivity contribution in [2.24, 2.45) is 16.5 Å². The van der Waals surface area contributed by atoms with Gasteiger partial charge in [-0.25, -0.2) is 27.5 Å². The maximum atomic E-state index is 15.3.